The standard InChI is InChI=1S/C8H7Br2I/c1-5-7(10)2-6(4-9)3-8(5)11/h2-3H,4H2,1H3. The number of halogens is 3. The van der Waals surface area contributed by atoms with Crippen molar-refractivity contribution in [2.24, 2.45) is 0 Å². The van der Waals surface area contributed by atoms with Crippen LogP contribution in [0.1, 0.15) is 11.1 Å². The summed E-state index contributed by atoms with van der Waals surface area (Å²) in [5.41, 5.74) is 2.63. The maximum Gasteiger partial charge on any atom is 0.0283 e. The Morgan fingerprint density at radius 1 is 1.45 bits per heavy atom. The van der Waals surface area contributed by atoms with Crippen LogP contribution in [0.15, 0.2) is 16.6 Å². The van der Waals surface area contributed by atoms with Gasteiger partial charge in [-0.25, -0.2) is 0 Å². The fraction of sp³-hybridized carbons (Fsp3) is 0.250. The summed E-state index contributed by atoms with van der Waals surface area (Å²) in [5, 5.41) is 0.919. The first-order chi connectivity index (χ1) is 5.15. The monoisotopic (exact) mass is 388 g/mol. The van der Waals surface area contributed by atoms with Crippen molar-refractivity contribution < 1.29 is 0 Å². The van der Waals surface area contributed by atoms with Crippen LogP contribution in [0.2, 0.25) is 0 Å². The molecule has 1 rings (SSSR count). The first-order valence-corrected chi connectivity index (χ1v) is 6.15. The van der Waals surface area contributed by atoms with E-state index in [1.807, 2.05) is 0 Å². The molecule has 0 N–H and O–H groups in total. The van der Waals surface area contributed by atoms with Gasteiger partial charge in [0.2, 0.25) is 0 Å². The first-order valence-electron chi connectivity index (χ1n) is 3.15. The van der Waals surface area contributed by atoms with Crippen LogP contribution in [0.25, 0.3) is 0 Å². The van der Waals surface area contributed by atoms with Crippen molar-refractivity contribution in [3.8, 4) is 0 Å². The smallest absolute Gasteiger partial charge is 0.0283 e. The number of benzene rings is 1. The summed E-state index contributed by atoms with van der Waals surface area (Å²) < 4.78 is 2.50. The topological polar surface area (TPSA) is 0 Å². The van der Waals surface area contributed by atoms with Crippen molar-refractivity contribution in [2.75, 3.05) is 0 Å². The molecule has 0 nitrogen and oxygen atoms in total. The van der Waals surface area contributed by atoms with Crippen molar-refractivity contribution in [1.29, 1.82) is 0 Å². The highest BCUT2D eigenvalue weighted by Crippen LogP contribution is 2.24. The lowest BCUT2D eigenvalue weighted by Crippen LogP contribution is -1.85. The molecule has 0 aromatic heterocycles. The minimum absolute atomic E-state index is 0.919. The molecule has 0 aliphatic heterocycles. The van der Waals surface area contributed by atoms with Gasteiger partial charge >= 0.3 is 0 Å². The van der Waals surface area contributed by atoms with Gasteiger partial charge in [-0.2, -0.15) is 0 Å². The van der Waals surface area contributed by atoms with Gasteiger partial charge in [-0.3, -0.25) is 0 Å². The van der Waals surface area contributed by atoms with E-state index in [1.165, 1.54) is 19.2 Å². The molecule has 0 amide bonds. The molecule has 0 heterocycles. The lowest BCUT2D eigenvalue weighted by atomic mass is 10.2. The highest BCUT2D eigenvalue weighted by atomic mass is 127. The Balaban J connectivity index is 3.21. The molecule has 0 aliphatic carbocycles. The fourth-order valence-corrected chi connectivity index (χ4v) is 2.67. The van der Waals surface area contributed by atoms with Gasteiger partial charge in [0.05, 0.1) is 0 Å². The van der Waals surface area contributed by atoms with Crippen molar-refractivity contribution in [1.82, 2.24) is 0 Å². The van der Waals surface area contributed by atoms with E-state index in [0.29, 0.717) is 0 Å². The third-order valence-corrected chi connectivity index (χ3v) is 4.09. The van der Waals surface area contributed by atoms with Crippen molar-refractivity contribution >= 4 is 54.5 Å². The molecule has 0 fully saturated rings. The van der Waals surface area contributed by atoms with E-state index < -0.39 is 0 Å². The fourth-order valence-electron chi connectivity index (χ4n) is 0.775. The summed E-state index contributed by atoms with van der Waals surface area (Å²) in [6, 6.07) is 4.33. The van der Waals surface area contributed by atoms with E-state index in [4.69, 9.17) is 0 Å². The Labute approximate surface area is 97.2 Å². The van der Waals surface area contributed by atoms with Gasteiger partial charge in [0, 0.05) is 13.4 Å². The van der Waals surface area contributed by atoms with Gasteiger partial charge in [-0.15, -0.1) is 0 Å². The number of hydrogen-bond acceptors (Lipinski definition) is 0. The molecule has 0 bridgehead atoms. The molecule has 1 aromatic rings. The summed E-state index contributed by atoms with van der Waals surface area (Å²) in [6.07, 6.45) is 0. The highest BCUT2D eigenvalue weighted by molar-refractivity contribution is 14.1. The van der Waals surface area contributed by atoms with E-state index in [0.717, 1.165) is 5.33 Å². The van der Waals surface area contributed by atoms with Gasteiger partial charge in [0.15, 0.2) is 0 Å². The predicted octanol–water partition coefficient (Wildman–Crippen LogP) is 4.26. The molecule has 0 spiro atoms. The lowest BCUT2D eigenvalue weighted by Gasteiger charge is -2.03. The SMILES string of the molecule is Cc1c(Br)cc(CBr)cc1I. The van der Waals surface area contributed by atoms with Crippen LogP contribution in [0.3, 0.4) is 0 Å². The molecule has 3 heteroatoms. The Bertz CT molecular complexity index is 248. The van der Waals surface area contributed by atoms with Gasteiger partial charge in [-0.1, -0.05) is 31.9 Å². The second-order valence-corrected chi connectivity index (χ2v) is 4.90. The summed E-state index contributed by atoms with van der Waals surface area (Å²) in [6.45, 7) is 2.11. The Morgan fingerprint density at radius 2 is 2.09 bits per heavy atom. The van der Waals surface area contributed by atoms with E-state index in [-0.39, 0.29) is 0 Å². The van der Waals surface area contributed by atoms with Crippen LogP contribution >= 0.6 is 54.5 Å². The minimum atomic E-state index is 0.919. The molecule has 0 saturated carbocycles. The van der Waals surface area contributed by atoms with Crippen LogP contribution < -0.4 is 0 Å². The number of alkyl halides is 1. The second-order valence-electron chi connectivity index (χ2n) is 2.32. The third kappa shape index (κ3) is 2.42. The predicted molar refractivity (Wildman–Crippen MR) is 64.2 cm³/mol. The molecule has 0 saturated heterocycles. The average molecular weight is 390 g/mol. The Kier molecular flexibility index (Phi) is 3.85. The van der Waals surface area contributed by atoms with Gasteiger partial charge in [-0.05, 0) is 52.8 Å². The van der Waals surface area contributed by atoms with Gasteiger partial charge in [0.25, 0.3) is 0 Å². The molecule has 11 heavy (non-hydrogen) atoms. The first kappa shape index (κ1) is 9.99. The van der Waals surface area contributed by atoms with Crippen LogP contribution in [0.4, 0.5) is 0 Å². The summed E-state index contributed by atoms with van der Waals surface area (Å²) in [5.74, 6) is 0. The summed E-state index contributed by atoms with van der Waals surface area (Å²) in [7, 11) is 0. The molecular weight excluding hydrogens is 383 g/mol. The normalized spacial score (nSPS) is 10.2. The van der Waals surface area contributed by atoms with Crippen molar-refractivity contribution in [3.05, 3.63) is 31.3 Å². The highest BCUT2D eigenvalue weighted by Gasteiger charge is 2.01. The van der Waals surface area contributed by atoms with E-state index in [9.17, 15) is 0 Å². The van der Waals surface area contributed by atoms with Gasteiger partial charge < -0.3 is 0 Å². The van der Waals surface area contributed by atoms with E-state index >= 15 is 0 Å². The molecule has 0 atom stereocenters. The lowest BCUT2D eigenvalue weighted by molar-refractivity contribution is 1.32. The van der Waals surface area contributed by atoms with E-state index in [2.05, 4.69) is 73.5 Å². The van der Waals surface area contributed by atoms with Crippen molar-refractivity contribution in [3.63, 3.8) is 0 Å². The Hall–Kier alpha value is 0.910. The number of hydrogen-bond donors (Lipinski definition) is 0. The second kappa shape index (κ2) is 4.23. The zero-order chi connectivity index (χ0) is 8.43. The quantitative estimate of drug-likeness (QED) is 0.497. The van der Waals surface area contributed by atoms with Crippen molar-refractivity contribution in [2.45, 2.75) is 12.3 Å². The average Bonchev–Trinajstić information content (AvgIpc) is 1.99. The maximum atomic E-state index is 3.51. The van der Waals surface area contributed by atoms with Crippen LogP contribution in [0, 0.1) is 10.5 Å². The zero-order valence-electron chi connectivity index (χ0n) is 6.00. The number of rotatable bonds is 1. The molecule has 60 valence electrons. The molecule has 1 aromatic carbocycles. The van der Waals surface area contributed by atoms with E-state index in [1.54, 1.807) is 0 Å². The summed E-state index contributed by atoms with van der Waals surface area (Å²) >= 11 is 9.29. The van der Waals surface area contributed by atoms with Crippen LogP contribution in [0.5, 0.6) is 0 Å². The third-order valence-electron chi connectivity index (χ3n) is 1.50. The zero-order valence-corrected chi connectivity index (χ0v) is 11.3. The summed E-state index contributed by atoms with van der Waals surface area (Å²) in [4.78, 5) is 0. The minimum Gasteiger partial charge on any atom is -0.0876 e. The molecule has 0 unspecified atom stereocenters. The largest absolute Gasteiger partial charge is 0.0876 e. The van der Waals surface area contributed by atoms with Crippen LogP contribution in [-0.2, 0) is 5.33 Å². The molecule has 0 radical (unpaired) electrons. The Morgan fingerprint density at radius 3 is 2.55 bits per heavy atom. The molecule has 0 aliphatic rings. The van der Waals surface area contributed by atoms with Gasteiger partial charge in [0.1, 0.15) is 0 Å². The van der Waals surface area contributed by atoms with Crippen LogP contribution in [-0.4, -0.2) is 0 Å². The molecular formula is C8H7Br2I. The maximum absolute atomic E-state index is 3.51.